The molecule has 168 valence electrons. The van der Waals surface area contributed by atoms with Gasteiger partial charge in [-0.3, -0.25) is 14.3 Å². The molecule has 0 atom stereocenters. The van der Waals surface area contributed by atoms with E-state index in [2.05, 4.69) is 32.0 Å². The number of benzene rings is 2. The van der Waals surface area contributed by atoms with Crippen LogP contribution in [0.5, 0.6) is 0 Å². The van der Waals surface area contributed by atoms with Crippen LogP contribution in [0.4, 0.5) is 0 Å². The molecule has 0 saturated heterocycles. The summed E-state index contributed by atoms with van der Waals surface area (Å²) in [6, 6.07) is 25.8. The number of pyridine rings is 2. The lowest BCUT2D eigenvalue weighted by Gasteiger charge is -2.09. The third kappa shape index (κ3) is 5.15. The minimum atomic E-state index is -0.0983. The van der Waals surface area contributed by atoms with Crippen molar-refractivity contribution in [2.24, 2.45) is 0 Å². The van der Waals surface area contributed by atoms with E-state index in [4.69, 9.17) is 4.98 Å². The average Bonchev–Trinajstić information content (AvgIpc) is 3.25. The maximum absolute atomic E-state index is 12.5. The van der Waals surface area contributed by atoms with E-state index in [1.165, 1.54) is 5.56 Å². The first-order chi connectivity index (χ1) is 16.8. The van der Waals surface area contributed by atoms with Gasteiger partial charge in [-0.2, -0.15) is 0 Å². The second kappa shape index (κ2) is 10.3. The number of nitrogens with one attached hydrogen (secondary N) is 1. The van der Waals surface area contributed by atoms with Gasteiger partial charge in [0, 0.05) is 36.5 Å². The molecule has 1 amide bonds. The number of rotatable bonds is 8. The fraction of sp³-hybridized carbons (Fsp3) is 0.111. The molecule has 0 aliphatic heterocycles. The molecule has 0 aliphatic carbocycles. The van der Waals surface area contributed by atoms with E-state index in [9.17, 15) is 4.79 Å². The van der Waals surface area contributed by atoms with Crippen LogP contribution in [0.2, 0.25) is 0 Å². The Morgan fingerprint density at radius 1 is 0.853 bits per heavy atom. The molecule has 34 heavy (non-hydrogen) atoms. The van der Waals surface area contributed by atoms with E-state index >= 15 is 0 Å². The Bertz CT molecular complexity index is 1390. The predicted molar refractivity (Wildman–Crippen MR) is 134 cm³/mol. The van der Waals surface area contributed by atoms with Crippen LogP contribution in [0.1, 0.15) is 27.0 Å². The van der Waals surface area contributed by atoms with Gasteiger partial charge in [0.05, 0.1) is 6.54 Å². The largest absolute Gasteiger partial charge is 0.348 e. The van der Waals surface area contributed by atoms with Gasteiger partial charge in [-0.15, -0.1) is 0 Å². The lowest BCUT2D eigenvalue weighted by atomic mass is 10.1. The van der Waals surface area contributed by atoms with Crippen molar-refractivity contribution < 1.29 is 4.79 Å². The maximum atomic E-state index is 12.5. The Balaban J connectivity index is 1.26. The number of fused-ring (bicyclic) bond motifs is 1. The van der Waals surface area contributed by atoms with Crippen molar-refractivity contribution in [3.63, 3.8) is 0 Å². The van der Waals surface area contributed by atoms with E-state index in [1.807, 2.05) is 66.7 Å². The van der Waals surface area contributed by atoms with Gasteiger partial charge >= 0.3 is 0 Å². The average molecular weight is 466 g/mol. The summed E-state index contributed by atoms with van der Waals surface area (Å²) in [4.78, 5) is 25.9. The van der Waals surface area contributed by atoms with Crippen molar-refractivity contribution in [2.75, 3.05) is 0 Å². The summed E-state index contributed by atoms with van der Waals surface area (Å²) in [6.45, 7) is 1.17. The van der Waals surface area contributed by atoms with E-state index in [1.54, 1.807) is 30.4 Å². The monoisotopic (exact) mass is 465 g/mol. The number of nitrogens with zero attached hydrogens (tertiary/aromatic N) is 4. The lowest BCUT2D eigenvalue weighted by molar-refractivity contribution is 0.0951. The quantitative estimate of drug-likeness (QED) is 0.323. The van der Waals surface area contributed by atoms with Crippen LogP contribution in [0, 0.1) is 0 Å². The second-order valence-corrected chi connectivity index (χ2v) is 8.78. The predicted octanol–water partition coefficient (Wildman–Crippen LogP) is 5.10. The zero-order valence-corrected chi connectivity index (χ0v) is 19.3. The molecule has 2 aromatic carbocycles. The molecule has 0 fully saturated rings. The Labute approximate surface area is 202 Å². The molecular formula is C27H23N5OS. The summed E-state index contributed by atoms with van der Waals surface area (Å²) in [5, 5.41) is 3.86. The molecule has 6 nitrogen and oxygen atoms in total. The molecular weight excluding hydrogens is 442 g/mol. The molecule has 1 N–H and O–H groups in total. The first-order valence-electron chi connectivity index (χ1n) is 11.0. The fourth-order valence-electron chi connectivity index (χ4n) is 3.64. The van der Waals surface area contributed by atoms with Crippen LogP contribution in [-0.2, 0) is 18.8 Å². The molecule has 5 aromatic rings. The molecule has 0 saturated carbocycles. The molecule has 7 heteroatoms. The Morgan fingerprint density at radius 2 is 1.65 bits per heavy atom. The number of imidazole rings is 1. The van der Waals surface area contributed by atoms with Gasteiger partial charge < -0.3 is 5.32 Å². The topological polar surface area (TPSA) is 72.7 Å². The standard InChI is InChI=1S/C27H23N5OS/c33-26(30-17-22-8-4-14-28-16-22)23-12-10-21(11-13-23)19-34-27-31-24-9-5-15-29-25(24)32(27)18-20-6-2-1-3-7-20/h1-16H,17-19H2,(H,30,33). The smallest absolute Gasteiger partial charge is 0.251 e. The SMILES string of the molecule is O=C(NCc1cccnc1)c1ccc(CSc2nc3cccnc3n2Cc2ccccc2)cc1. The van der Waals surface area contributed by atoms with Crippen LogP contribution < -0.4 is 5.32 Å². The number of carbonyl (C=O) groups excluding carboxylic acids is 1. The highest BCUT2D eigenvalue weighted by molar-refractivity contribution is 7.98. The van der Waals surface area contributed by atoms with E-state index in [0.717, 1.165) is 33.2 Å². The number of hydrogen-bond donors (Lipinski definition) is 1. The summed E-state index contributed by atoms with van der Waals surface area (Å²) >= 11 is 1.67. The number of thioether (sulfide) groups is 1. The van der Waals surface area contributed by atoms with Gasteiger partial charge in [0.2, 0.25) is 0 Å². The summed E-state index contributed by atoms with van der Waals surface area (Å²) < 4.78 is 2.16. The van der Waals surface area contributed by atoms with Crippen LogP contribution >= 0.6 is 11.8 Å². The fourth-order valence-corrected chi connectivity index (χ4v) is 4.60. The van der Waals surface area contributed by atoms with Gasteiger partial charge in [-0.25, -0.2) is 9.97 Å². The zero-order chi connectivity index (χ0) is 23.2. The molecule has 0 spiro atoms. The molecule has 3 heterocycles. The van der Waals surface area contributed by atoms with Crippen molar-refractivity contribution in [1.82, 2.24) is 24.8 Å². The number of amides is 1. The highest BCUT2D eigenvalue weighted by atomic mass is 32.2. The Morgan fingerprint density at radius 3 is 2.44 bits per heavy atom. The maximum Gasteiger partial charge on any atom is 0.251 e. The van der Waals surface area contributed by atoms with Gasteiger partial charge in [0.1, 0.15) is 5.52 Å². The first-order valence-corrected chi connectivity index (χ1v) is 12.0. The van der Waals surface area contributed by atoms with Gasteiger partial charge in [-0.1, -0.05) is 60.3 Å². The normalized spacial score (nSPS) is 10.9. The van der Waals surface area contributed by atoms with Gasteiger partial charge in [0.25, 0.3) is 5.91 Å². The molecule has 3 aromatic heterocycles. The van der Waals surface area contributed by atoms with E-state index in [0.29, 0.717) is 18.7 Å². The molecule has 0 aliphatic rings. The summed E-state index contributed by atoms with van der Waals surface area (Å²) in [5.74, 6) is 0.647. The third-order valence-corrected chi connectivity index (χ3v) is 6.46. The Hall–Kier alpha value is -3.97. The summed E-state index contributed by atoms with van der Waals surface area (Å²) in [5.41, 5.74) is 5.71. The summed E-state index contributed by atoms with van der Waals surface area (Å²) in [7, 11) is 0. The summed E-state index contributed by atoms with van der Waals surface area (Å²) in [6.07, 6.45) is 5.27. The lowest BCUT2D eigenvalue weighted by Crippen LogP contribution is -2.22. The highest BCUT2D eigenvalue weighted by Gasteiger charge is 2.13. The molecule has 0 bridgehead atoms. The molecule has 0 unspecified atom stereocenters. The van der Waals surface area contributed by atoms with Gasteiger partial charge in [0.15, 0.2) is 10.8 Å². The van der Waals surface area contributed by atoms with Crippen molar-refractivity contribution >= 4 is 28.8 Å². The number of hydrogen-bond acceptors (Lipinski definition) is 5. The van der Waals surface area contributed by atoms with Crippen LogP contribution in [0.3, 0.4) is 0 Å². The van der Waals surface area contributed by atoms with Crippen LogP contribution in [0.15, 0.2) is 103 Å². The number of carbonyl (C=O) groups is 1. The van der Waals surface area contributed by atoms with Crippen LogP contribution in [-0.4, -0.2) is 25.4 Å². The van der Waals surface area contributed by atoms with Gasteiger partial charge in [-0.05, 0) is 47.0 Å². The van der Waals surface area contributed by atoms with Crippen molar-refractivity contribution in [3.05, 3.63) is 120 Å². The first kappa shape index (κ1) is 21.9. The van der Waals surface area contributed by atoms with E-state index < -0.39 is 0 Å². The van der Waals surface area contributed by atoms with Crippen LogP contribution in [0.25, 0.3) is 11.2 Å². The van der Waals surface area contributed by atoms with Crippen molar-refractivity contribution in [2.45, 2.75) is 24.0 Å². The third-order valence-electron chi connectivity index (χ3n) is 5.41. The number of aromatic nitrogens is 4. The zero-order valence-electron chi connectivity index (χ0n) is 18.5. The van der Waals surface area contributed by atoms with Crippen molar-refractivity contribution in [1.29, 1.82) is 0 Å². The minimum Gasteiger partial charge on any atom is -0.348 e. The highest BCUT2D eigenvalue weighted by Crippen LogP contribution is 2.27. The molecule has 5 rings (SSSR count). The molecule has 0 radical (unpaired) electrons. The Kier molecular flexibility index (Phi) is 6.63. The minimum absolute atomic E-state index is 0.0983. The van der Waals surface area contributed by atoms with Crippen molar-refractivity contribution in [3.8, 4) is 0 Å². The second-order valence-electron chi connectivity index (χ2n) is 7.84. The van der Waals surface area contributed by atoms with E-state index in [-0.39, 0.29) is 5.91 Å².